The van der Waals surface area contributed by atoms with E-state index >= 15 is 0 Å². The highest BCUT2D eigenvalue weighted by Gasteiger charge is 2.38. The first-order valence-corrected chi connectivity index (χ1v) is 14.0. The average molecular weight is 604 g/mol. The van der Waals surface area contributed by atoms with E-state index in [1.807, 2.05) is 36.4 Å². The molecule has 2 aliphatic carbocycles. The van der Waals surface area contributed by atoms with Crippen LogP contribution in [0.1, 0.15) is 54.1 Å². The Balaban J connectivity index is 1.64. The number of carbonyl (C=O) groups is 2. The van der Waals surface area contributed by atoms with E-state index in [0.29, 0.717) is 68.8 Å². The minimum absolute atomic E-state index is 0.126. The minimum Gasteiger partial charge on any atom is -0.289 e. The third-order valence-corrected chi connectivity index (χ3v) is 9.89. The lowest BCUT2D eigenvalue weighted by Crippen LogP contribution is -2.21. The normalized spacial score (nSPS) is 19.0. The third-order valence-electron chi connectivity index (χ3n) is 6.98. The molecule has 0 radical (unpaired) electrons. The molecule has 7 heteroatoms. The second-order valence-electron chi connectivity index (χ2n) is 8.95. The Kier molecular flexibility index (Phi) is 5.11. The molecule has 3 aliphatic rings. The Hall–Kier alpha value is -3.09. The van der Waals surface area contributed by atoms with Gasteiger partial charge in [0.05, 0.1) is 20.6 Å². The summed E-state index contributed by atoms with van der Waals surface area (Å²) in [4.78, 5) is 27.9. The van der Waals surface area contributed by atoms with Gasteiger partial charge in [-0.25, -0.2) is 4.21 Å². The summed E-state index contributed by atoms with van der Waals surface area (Å²) in [6, 6.07) is 21.3. The summed E-state index contributed by atoms with van der Waals surface area (Å²) in [5, 5.41) is 0.922. The zero-order valence-electron chi connectivity index (χ0n) is 18.8. The molecule has 7 rings (SSSR count). The number of halogens is 3. The molecule has 1 atom stereocenters. The van der Waals surface area contributed by atoms with Gasteiger partial charge in [0, 0.05) is 47.9 Å². The molecule has 1 heterocycles. The fourth-order valence-corrected chi connectivity index (χ4v) is 8.02. The van der Waals surface area contributed by atoms with Gasteiger partial charge in [-0.3, -0.25) is 9.59 Å². The molecular weight excluding hydrogens is 591 g/mol. The Morgan fingerprint density at radius 2 is 1.22 bits per heavy atom. The molecule has 0 saturated carbocycles. The summed E-state index contributed by atoms with van der Waals surface area (Å²) in [6.45, 7) is 0. The maximum atomic E-state index is 14.4. The highest BCUT2D eigenvalue weighted by molar-refractivity contribution is 9.10. The van der Waals surface area contributed by atoms with E-state index in [4.69, 9.17) is 23.2 Å². The molecule has 0 spiro atoms. The maximum Gasteiger partial charge on any atom is 0.194 e. The van der Waals surface area contributed by atoms with Gasteiger partial charge in [0.25, 0.3) is 0 Å². The standard InChI is InChI=1S/C30H13BrCl2O3S/c31-24-10-9-20-27-21(16-7-5-14(32)11-22(16)29(20)35)13-25(37(36)30(24)27)26-17-3-1-2-4-19(17)28(34)23-12-15(33)6-8-18(23)26/h1-13H. The van der Waals surface area contributed by atoms with Crippen molar-refractivity contribution < 1.29 is 13.8 Å². The molecule has 1 unspecified atom stereocenters. The smallest absolute Gasteiger partial charge is 0.194 e. The number of benzene rings is 4. The van der Waals surface area contributed by atoms with Gasteiger partial charge in [0.1, 0.15) is 0 Å². The number of allylic oxidation sites excluding steroid dienone is 1. The molecule has 178 valence electrons. The van der Waals surface area contributed by atoms with Crippen LogP contribution in [0.25, 0.3) is 11.1 Å². The molecule has 0 aromatic heterocycles. The van der Waals surface area contributed by atoms with Gasteiger partial charge in [-0.2, -0.15) is 0 Å². The summed E-state index contributed by atoms with van der Waals surface area (Å²) in [7, 11) is -1.65. The van der Waals surface area contributed by atoms with Crippen molar-refractivity contribution in [3.63, 3.8) is 0 Å². The highest BCUT2D eigenvalue weighted by Crippen LogP contribution is 2.50. The van der Waals surface area contributed by atoms with Crippen LogP contribution < -0.4 is 0 Å². The molecule has 4 aromatic rings. The second-order valence-corrected chi connectivity index (χ2v) is 12.1. The number of ketones is 2. The average Bonchev–Trinajstić information content (AvgIpc) is 2.89. The SMILES string of the molecule is O=C1c2ccccc2C(=C2C=C3c4ccc(Cl)cc4C(=O)c4ccc(Br)c(c43)S2=O)c2ccc(Cl)cc21. The summed E-state index contributed by atoms with van der Waals surface area (Å²) in [5.41, 5.74) is 6.27. The first-order valence-electron chi connectivity index (χ1n) is 11.3. The second kappa shape index (κ2) is 8.20. The van der Waals surface area contributed by atoms with Crippen molar-refractivity contribution in [2.45, 2.75) is 4.90 Å². The van der Waals surface area contributed by atoms with E-state index in [2.05, 4.69) is 15.9 Å². The number of rotatable bonds is 0. The van der Waals surface area contributed by atoms with Gasteiger partial charge >= 0.3 is 0 Å². The van der Waals surface area contributed by atoms with E-state index in [9.17, 15) is 13.8 Å². The largest absolute Gasteiger partial charge is 0.289 e. The van der Waals surface area contributed by atoms with Gasteiger partial charge in [-0.15, -0.1) is 0 Å². The Morgan fingerprint density at radius 1 is 0.649 bits per heavy atom. The number of fused-ring (bicyclic) bond motifs is 4. The van der Waals surface area contributed by atoms with Crippen LogP contribution in [0.5, 0.6) is 0 Å². The van der Waals surface area contributed by atoms with Crippen LogP contribution in [-0.2, 0) is 10.8 Å². The van der Waals surface area contributed by atoms with Crippen molar-refractivity contribution in [2.24, 2.45) is 0 Å². The van der Waals surface area contributed by atoms with E-state index in [0.717, 1.165) is 11.1 Å². The first kappa shape index (κ1) is 23.1. The monoisotopic (exact) mass is 602 g/mol. The zero-order valence-corrected chi connectivity index (χ0v) is 22.7. The topological polar surface area (TPSA) is 51.2 Å². The van der Waals surface area contributed by atoms with Gasteiger partial charge in [0.15, 0.2) is 11.6 Å². The van der Waals surface area contributed by atoms with Gasteiger partial charge in [-0.1, -0.05) is 59.6 Å². The van der Waals surface area contributed by atoms with Crippen molar-refractivity contribution in [3.05, 3.63) is 143 Å². The fourth-order valence-electron chi connectivity index (χ4n) is 5.40. The molecule has 4 aromatic carbocycles. The summed E-state index contributed by atoms with van der Waals surface area (Å²) >= 11 is 16.1. The van der Waals surface area contributed by atoms with Crippen LogP contribution in [0.15, 0.2) is 93.1 Å². The predicted octanol–water partition coefficient (Wildman–Crippen LogP) is 7.86. The first-order chi connectivity index (χ1) is 17.8. The van der Waals surface area contributed by atoms with Crippen LogP contribution in [-0.4, -0.2) is 15.8 Å². The van der Waals surface area contributed by atoms with Gasteiger partial charge in [0.2, 0.25) is 0 Å². The quantitative estimate of drug-likeness (QED) is 0.178. The Bertz CT molecular complexity index is 1870. The minimum atomic E-state index is -1.65. The molecule has 37 heavy (non-hydrogen) atoms. The van der Waals surface area contributed by atoms with Crippen LogP contribution in [0.2, 0.25) is 10.0 Å². The molecule has 0 fully saturated rings. The maximum absolute atomic E-state index is 14.4. The number of hydrogen-bond acceptors (Lipinski definition) is 3. The molecule has 3 nitrogen and oxygen atoms in total. The number of carbonyl (C=O) groups excluding carboxylic acids is 2. The summed E-state index contributed by atoms with van der Waals surface area (Å²) < 4.78 is 15.0. The van der Waals surface area contributed by atoms with Crippen molar-refractivity contribution in [2.75, 3.05) is 0 Å². The van der Waals surface area contributed by atoms with Crippen molar-refractivity contribution >= 4 is 72.6 Å². The van der Waals surface area contributed by atoms with Crippen molar-refractivity contribution in [1.29, 1.82) is 0 Å². The lowest BCUT2D eigenvalue weighted by molar-refractivity contribution is 0.102. The lowest BCUT2D eigenvalue weighted by atomic mass is 9.79. The molecule has 0 amide bonds. The van der Waals surface area contributed by atoms with Crippen molar-refractivity contribution in [1.82, 2.24) is 0 Å². The molecular formula is C30H13BrCl2O3S. The van der Waals surface area contributed by atoms with E-state index in [1.54, 1.807) is 42.5 Å². The van der Waals surface area contributed by atoms with Gasteiger partial charge in [-0.05, 0) is 80.7 Å². The van der Waals surface area contributed by atoms with E-state index in [1.165, 1.54) is 0 Å². The van der Waals surface area contributed by atoms with E-state index < -0.39 is 10.8 Å². The third kappa shape index (κ3) is 3.21. The van der Waals surface area contributed by atoms with Crippen LogP contribution in [0.3, 0.4) is 0 Å². The fraction of sp³-hybridized carbons (Fsp3) is 0. The Labute approximate surface area is 233 Å². The summed E-state index contributed by atoms with van der Waals surface area (Å²) in [6.07, 6.45) is 1.90. The predicted molar refractivity (Wildman–Crippen MR) is 150 cm³/mol. The van der Waals surface area contributed by atoms with Crippen molar-refractivity contribution in [3.8, 4) is 0 Å². The van der Waals surface area contributed by atoms with Gasteiger partial charge < -0.3 is 0 Å². The van der Waals surface area contributed by atoms with E-state index in [-0.39, 0.29) is 11.6 Å². The highest BCUT2D eigenvalue weighted by atomic mass is 79.9. The Morgan fingerprint density at radius 3 is 1.95 bits per heavy atom. The van der Waals surface area contributed by atoms with Crippen LogP contribution >= 0.6 is 39.1 Å². The molecule has 1 aliphatic heterocycles. The lowest BCUT2D eigenvalue weighted by Gasteiger charge is -2.30. The van der Waals surface area contributed by atoms with Crippen LogP contribution in [0.4, 0.5) is 0 Å². The van der Waals surface area contributed by atoms with Crippen LogP contribution in [0, 0.1) is 0 Å². The molecule has 0 bridgehead atoms. The number of hydrogen-bond donors (Lipinski definition) is 0. The summed E-state index contributed by atoms with van der Waals surface area (Å²) in [5.74, 6) is -0.279. The molecule has 0 saturated heterocycles. The zero-order chi connectivity index (χ0) is 25.6. The molecule has 0 N–H and O–H groups in total.